The minimum absolute atomic E-state index is 0.0680. The molecule has 8 nitrogen and oxygen atoms in total. The first kappa shape index (κ1) is 25.8. The summed E-state index contributed by atoms with van der Waals surface area (Å²) in [6.45, 7) is 1.09. The number of carbonyl (C=O) groups excluding carboxylic acids is 2. The van der Waals surface area contributed by atoms with Crippen molar-refractivity contribution in [2.45, 2.75) is 19.5 Å². The second-order valence-corrected chi connectivity index (χ2v) is 9.84. The van der Waals surface area contributed by atoms with E-state index in [1.165, 1.54) is 37.3 Å². The molecule has 0 radical (unpaired) electrons. The summed E-state index contributed by atoms with van der Waals surface area (Å²) in [7, 11) is -0.882. The van der Waals surface area contributed by atoms with Crippen LogP contribution in [0.2, 0.25) is 10.0 Å². The minimum Gasteiger partial charge on any atom is -0.497 e. The van der Waals surface area contributed by atoms with E-state index in [1.807, 2.05) is 0 Å². The molecule has 32 heavy (non-hydrogen) atoms. The maximum atomic E-state index is 13.3. The first-order valence-corrected chi connectivity index (χ1v) is 12.1. The van der Waals surface area contributed by atoms with Crippen molar-refractivity contribution >= 4 is 50.7 Å². The molecular weight excluding hydrogens is 477 g/mol. The molecule has 0 fully saturated rings. The fourth-order valence-electron chi connectivity index (χ4n) is 3.06. The molecule has 0 bridgehead atoms. The lowest BCUT2D eigenvalue weighted by atomic mass is 10.1. The minimum atomic E-state index is -3.87. The number of carbonyl (C=O) groups is 2. The Morgan fingerprint density at radius 3 is 2.28 bits per heavy atom. The molecule has 0 saturated heterocycles. The smallest absolute Gasteiger partial charge is 0.244 e. The SMILES string of the molecule is CNC(=O)[C@H](C)N(Cc1cccc(OC)c1)C(=O)CN(c1cc(Cl)cc(Cl)c1)S(C)(=O)=O. The van der Waals surface area contributed by atoms with E-state index in [0.29, 0.717) is 11.3 Å². The second kappa shape index (κ2) is 10.9. The van der Waals surface area contributed by atoms with Crippen molar-refractivity contribution in [1.29, 1.82) is 0 Å². The van der Waals surface area contributed by atoms with Crippen LogP contribution in [0.3, 0.4) is 0 Å². The van der Waals surface area contributed by atoms with E-state index >= 15 is 0 Å². The quantitative estimate of drug-likeness (QED) is 0.569. The first-order chi connectivity index (χ1) is 15.0. The molecule has 0 aliphatic carbocycles. The van der Waals surface area contributed by atoms with E-state index in [1.54, 1.807) is 31.2 Å². The number of hydrogen-bond acceptors (Lipinski definition) is 5. The van der Waals surface area contributed by atoms with E-state index in [4.69, 9.17) is 27.9 Å². The summed E-state index contributed by atoms with van der Waals surface area (Å²) >= 11 is 12.0. The van der Waals surface area contributed by atoms with Crippen molar-refractivity contribution in [3.8, 4) is 5.75 Å². The molecule has 0 aromatic heterocycles. The van der Waals surface area contributed by atoms with Gasteiger partial charge in [0.1, 0.15) is 18.3 Å². The number of methoxy groups -OCH3 is 1. The third kappa shape index (κ3) is 6.75. The number of nitrogens with one attached hydrogen (secondary N) is 1. The van der Waals surface area contributed by atoms with Crippen molar-refractivity contribution < 1.29 is 22.7 Å². The average molecular weight is 502 g/mol. The predicted molar refractivity (Wildman–Crippen MR) is 126 cm³/mol. The molecule has 0 unspecified atom stereocenters. The number of anilines is 1. The maximum absolute atomic E-state index is 13.3. The average Bonchev–Trinajstić information content (AvgIpc) is 2.73. The summed E-state index contributed by atoms with van der Waals surface area (Å²) in [4.78, 5) is 26.9. The lowest BCUT2D eigenvalue weighted by molar-refractivity contribution is -0.139. The fourth-order valence-corrected chi connectivity index (χ4v) is 4.40. The Morgan fingerprint density at radius 1 is 1.12 bits per heavy atom. The molecule has 2 amide bonds. The largest absolute Gasteiger partial charge is 0.497 e. The lowest BCUT2D eigenvalue weighted by Gasteiger charge is -2.31. The van der Waals surface area contributed by atoms with E-state index in [9.17, 15) is 18.0 Å². The number of nitrogens with zero attached hydrogens (tertiary/aromatic N) is 2. The van der Waals surface area contributed by atoms with Gasteiger partial charge in [0, 0.05) is 23.6 Å². The summed E-state index contributed by atoms with van der Waals surface area (Å²) in [6.07, 6.45) is 0.976. The van der Waals surface area contributed by atoms with Crippen LogP contribution in [0.15, 0.2) is 42.5 Å². The molecule has 2 rings (SSSR count). The molecular formula is C21H25Cl2N3O5S. The molecule has 1 atom stereocenters. The van der Waals surface area contributed by atoms with Gasteiger partial charge in [-0.1, -0.05) is 35.3 Å². The Balaban J connectivity index is 2.42. The number of sulfonamides is 1. The van der Waals surface area contributed by atoms with Gasteiger partial charge in [-0.25, -0.2) is 8.42 Å². The number of ether oxygens (including phenoxy) is 1. The zero-order valence-electron chi connectivity index (χ0n) is 18.1. The van der Waals surface area contributed by atoms with Crippen LogP contribution in [0, 0.1) is 0 Å². The van der Waals surface area contributed by atoms with Gasteiger partial charge >= 0.3 is 0 Å². The van der Waals surface area contributed by atoms with Crippen molar-refractivity contribution in [3.05, 3.63) is 58.1 Å². The molecule has 0 spiro atoms. The number of likely N-dealkylation sites (N-methyl/N-ethyl adjacent to an activating group) is 1. The monoisotopic (exact) mass is 501 g/mol. The topological polar surface area (TPSA) is 96.0 Å². The van der Waals surface area contributed by atoms with Gasteiger partial charge < -0.3 is 15.0 Å². The second-order valence-electron chi connectivity index (χ2n) is 7.06. The van der Waals surface area contributed by atoms with Gasteiger partial charge in [0.2, 0.25) is 21.8 Å². The van der Waals surface area contributed by atoms with Crippen LogP contribution in [0.4, 0.5) is 5.69 Å². The van der Waals surface area contributed by atoms with Gasteiger partial charge in [-0.05, 0) is 42.8 Å². The molecule has 0 aliphatic heterocycles. The van der Waals surface area contributed by atoms with Gasteiger partial charge in [0.05, 0.1) is 19.1 Å². The molecule has 2 aromatic carbocycles. The van der Waals surface area contributed by atoms with Crippen molar-refractivity contribution in [1.82, 2.24) is 10.2 Å². The Morgan fingerprint density at radius 2 is 1.75 bits per heavy atom. The van der Waals surface area contributed by atoms with Crippen LogP contribution in [0.25, 0.3) is 0 Å². The van der Waals surface area contributed by atoms with Crippen molar-refractivity contribution in [3.63, 3.8) is 0 Å². The highest BCUT2D eigenvalue weighted by Crippen LogP contribution is 2.27. The van der Waals surface area contributed by atoms with Crippen molar-refractivity contribution in [2.24, 2.45) is 0 Å². The Kier molecular flexibility index (Phi) is 8.77. The highest BCUT2D eigenvalue weighted by molar-refractivity contribution is 7.92. The molecule has 2 aromatic rings. The summed E-state index contributed by atoms with van der Waals surface area (Å²) in [5.74, 6) is -0.378. The number of halogens is 2. The van der Waals surface area contributed by atoms with Crippen LogP contribution in [-0.4, -0.2) is 58.1 Å². The molecule has 0 saturated carbocycles. The van der Waals surface area contributed by atoms with E-state index in [-0.39, 0.29) is 22.3 Å². The number of benzene rings is 2. The lowest BCUT2D eigenvalue weighted by Crippen LogP contribution is -2.50. The van der Waals surface area contributed by atoms with Crippen molar-refractivity contribution in [2.75, 3.05) is 31.3 Å². The van der Waals surface area contributed by atoms with Crippen LogP contribution in [0.1, 0.15) is 12.5 Å². The number of rotatable bonds is 9. The highest BCUT2D eigenvalue weighted by atomic mass is 35.5. The van der Waals surface area contributed by atoms with E-state index in [2.05, 4.69) is 5.32 Å². The molecule has 174 valence electrons. The molecule has 0 aliphatic rings. The normalized spacial score (nSPS) is 12.1. The van der Waals surface area contributed by atoms with Crippen LogP contribution < -0.4 is 14.4 Å². The molecule has 0 heterocycles. The molecule has 1 N–H and O–H groups in total. The van der Waals surface area contributed by atoms with Crippen LogP contribution in [0.5, 0.6) is 5.75 Å². The van der Waals surface area contributed by atoms with Gasteiger partial charge in [0.15, 0.2) is 0 Å². The summed E-state index contributed by atoms with van der Waals surface area (Å²) in [5.41, 5.74) is 0.859. The zero-order chi connectivity index (χ0) is 24.1. The van der Waals surface area contributed by atoms with Gasteiger partial charge in [0.25, 0.3) is 0 Å². The summed E-state index contributed by atoms with van der Waals surface area (Å²) in [6, 6.07) is 10.4. The van der Waals surface area contributed by atoms with Crippen LogP contribution >= 0.6 is 23.2 Å². The first-order valence-electron chi connectivity index (χ1n) is 9.54. The third-order valence-corrected chi connectivity index (χ3v) is 6.29. The zero-order valence-corrected chi connectivity index (χ0v) is 20.5. The Bertz CT molecular complexity index is 1070. The predicted octanol–water partition coefficient (Wildman–Crippen LogP) is 2.93. The van der Waals surface area contributed by atoms with Gasteiger partial charge in [-0.15, -0.1) is 0 Å². The van der Waals surface area contributed by atoms with E-state index in [0.717, 1.165) is 10.6 Å². The Labute approximate surface area is 198 Å². The maximum Gasteiger partial charge on any atom is 0.244 e. The number of amides is 2. The van der Waals surface area contributed by atoms with Gasteiger partial charge in [-0.2, -0.15) is 0 Å². The molecule has 11 heteroatoms. The van der Waals surface area contributed by atoms with E-state index < -0.39 is 34.4 Å². The summed E-state index contributed by atoms with van der Waals surface area (Å²) < 4.78 is 31.1. The third-order valence-electron chi connectivity index (χ3n) is 4.72. The Hall–Kier alpha value is -2.49. The van der Waals surface area contributed by atoms with Crippen LogP contribution in [-0.2, 0) is 26.2 Å². The number of hydrogen-bond donors (Lipinski definition) is 1. The highest BCUT2D eigenvalue weighted by Gasteiger charge is 2.30. The summed E-state index contributed by atoms with van der Waals surface area (Å²) in [5, 5.41) is 2.96. The van der Waals surface area contributed by atoms with Gasteiger partial charge in [-0.3, -0.25) is 13.9 Å². The fraction of sp³-hybridized carbons (Fsp3) is 0.333. The standard InChI is InChI=1S/C21H25Cl2N3O5S/c1-14(21(28)24-2)25(12-15-6-5-7-19(8-15)31-3)20(27)13-26(32(4,29)30)18-10-16(22)9-17(23)11-18/h5-11,14H,12-13H2,1-4H3,(H,24,28)/t14-/m0/s1.